The first-order valence-corrected chi connectivity index (χ1v) is 10.5. The molecular weight excluding hydrogens is 466 g/mol. The molecule has 0 aliphatic heterocycles. The molecule has 7 heteroatoms. The summed E-state index contributed by atoms with van der Waals surface area (Å²) in [5.74, 6) is -0.291. The van der Waals surface area contributed by atoms with Gasteiger partial charge in [-0.1, -0.05) is 41.9 Å². The Morgan fingerprint density at radius 1 is 1.10 bits per heavy atom. The topological polar surface area (TPSA) is 64.0 Å². The average molecular weight is 483 g/mol. The van der Waals surface area contributed by atoms with E-state index in [0.717, 1.165) is 5.39 Å². The largest absolute Gasteiger partial charge is 0.344 e. The van der Waals surface area contributed by atoms with Gasteiger partial charge in [0.1, 0.15) is 4.60 Å². The Bertz CT molecular complexity index is 1310. The second-order valence-corrected chi connectivity index (χ2v) is 7.94. The molecular formula is C23H17BrClN3O2. The minimum absolute atomic E-state index is 0.233. The highest BCUT2D eigenvalue weighted by atomic mass is 79.9. The van der Waals surface area contributed by atoms with Gasteiger partial charge in [0.15, 0.2) is 0 Å². The molecule has 0 spiro atoms. The van der Waals surface area contributed by atoms with Gasteiger partial charge >= 0.3 is 0 Å². The zero-order valence-electron chi connectivity index (χ0n) is 16.0. The van der Waals surface area contributed by atoms with Crippen LogP contribution in [-0.4, -0.2) is 15.5 Å². The molecule has 0 saturated carbocycles. The Kier molecular flexibility index (Phi) is 5.70. The Morgan fingerprint density at radius 2 is 1.87 bits per heavy atom. The molecule has 1 atom stereocenters. The van der Waals surface area contributed by atoms with Gasteiger partial charge < -0.3 is 5.32 Å². The first-order valence-electron chi connectivity index (χ1n) is 9.28. The molecule has 4 rings (SSSR count). The molecule has 2 aromatic heterocycles. The summed E-state index contributed by atoms with van der Waals surface area (Å²) in [6.45, 7) is 1.84. The van der Waals surface area contributed by atoms with Crippen LogP contribution in [0.3, 0.4) is 0 Å². The summed E-state index contributed by atoms with van der Waals surface area (Å²) in [5.41, 5.74) is 1.53. The number of pyridine rings is 2. The molecule has 0 aliphatic rings. The lowest BCUT2D eigenvalue weighted by Crippen LogP contribution is -2.32. The Balaban J connectivity index is 1.86. The minimum Gasteiger partial charge on any atom is -0.344 e. The number of nitrogens with one attached hydrogen (secondary N) is 1. The maximum atomic E-state index is 13.4. The van der Waals surface area contributed by atoms with Crippen LogP contribution >= 0.6 is 27.5 Å². The number of amides is 1. The first-order chi connectivity index (χ1) is 14.5. The Morgan fingerprint density at radius 3 is 2.60 bits per heavy atom. The number of halogens is 2. The SMILES string of the molecule is CC(NC(=O)c1cccnc1Br)c1cc2cccc(Cl)c2c(=O)n1-c1ccccc1. The summed E-state index contributed by atoms with van der Waals surface area (Å²) < 4.78 is 2.05. The molecule has 1 unspecified atom stereocenters. The quantitative estimate of drug-likeness (QED) is 0.402. The van der Waals surface area contributed by atoms with E-state index in [1.54, 1.807) is 35.0 Å². The molecule has 0 saturated heterocycles. The van der Waals surface area contributed by atoms with Crippen LogP contribution in [0, 0.1) is 0 Å². The van der Waals surface area contributed by atoms with Gasteiger partial charge in [0.05, 0.1) is 22.0 Å². The van der Waals surface area contributed by atoms with Crippen LogP contribution in [0.1, 0.15) is 29.0 Å². The van der Waals surface area contributed by atoms with Crippen LogP contribution < -0.4 is 10.9 Å². The Labute approximate surface area is 186 Å². The first kappa shape index (κ1) is 20.3. The van der Waals surface area contributed by atoms with Crippen molar-refractivity contribution in [3.63, 3.8) is 0 Å². The van der Waals surface area contributed by atoms with Gasteiger partial charge in [-0.3, -0.25) is 14.2 Å². The van der Waals surface area contributed by atoms with Crippen molar-refractivity contribution in [1.29, 1.82) is 0 Å². The second-order valence-electron chi connectivity index (χ2n) is 6.79. The summed E-state index contributed by atoms with van der Waals surface area (Å²) in [6.07, 6.45) is 1.60. The fraction of sp³-hybridized carbons (Fsp3) is 0.0870. The van der Waals surface area contributed by atoms with Gasteiger partial charge in [-0.15, -0.1) is 0 Å². The predicted octanol–water partition coefficient (Wildman–Crippen LogP) is 5.29. The van der Waals surface area contributed by atoms with Crippen molar-refractivity contribution in [2.24, 2.45) is 0 Å². The van der Waals surface area contributed by atoms with E-state index in [0.29, 0.717) is 32.0 Å². The third-order valence-corrected chi connectivity index (χ3v) is 5.78. The number of benzene rings is 2. The van der Waals surface area contributed by atoms with Crippen molar-refractivity contribution in [2.75, 3.05) is 0 Å². The van der Waals surface area contributed by atoms with E-state index in [1.807, 2.05) is 49.4 Å². The van der Waals surface area contributed by atoms with Gasteiger partial charge in [0.2, 0.25) is 0 Å². The maximum absolute atomic E-state index is 13.4. The molecule has 2 aromatic carbocycles. The zero-order valence-corrected chi connectivity index (χ0v) is 18.3. The van der Waals surface area contributed by atoms with E-state index in [1.165, 1.54) is 0 Å². The predicted molar refractivity (Wildman–Crippen MR) is 122 cm³/mol. The number of carbonyl (C=O) groups excluding carboxylic acids is 1. The van der Waals surface area contributed by atoms with Gasteiger partial charge in [-0.25, -0.2) is 4.98 Å². The highest BCUT2D eigenvalue weighted by Crippen LogP contribution is 2.26. The van der Waals surface area contributed by atoms with Gasteiger partial charge in [0.25, 0.3) is 11.5 Å². The van der Waals surface area contributed by atoms with Crippen molar-refractivity contribution in [1.82, 2.24) is 14.9 Å². The van der Waals surface area contributed by atoms with Crippen LogP contribution in [0.25, 0.3) is 16.5 Å². The lowest BCUT2D eigenvalue weighted by atomic mass is 10.1. The summed E-state index contributed by atoms with van der Waals surface area (Å²) in [4.78, 5) is 30.3. The van der Waals surface area contributed by atoms with Gasteiger partial charge in [0, 0.05) is 17.6 Å². The summed E-state index contributed by atoms with van der Waals surface area (Å²) in [6, 6.07) is 19.4. The number of hydrogen-bond donors (Lipinski definition) is 1. The van der Waals surface area contributed by atoms with E-state index >= 15 is 0 Å². The highest BCUT2D eigenvalue weighted by molar-refractivity contribution is 9.10. The van der Waals surface area contributed by atoms with Crippen molar-refractivity contribution in [3.05, 3.63) is 104 Å². The lowest BCUT2D eigenvalue weighted by Gasteiger charge is -2.21. The van der Waals surface area contributed by atoms with Crippen LogP contribution in [0.15, 0.2) is 82.3 Å². The van der Waals surface area contributed by atoms with E-state index in [2.05, 4.69) is 26.2 Å². The molecule has 150 valence electrons. The van der Waals surface area contributed by atoms with Crippen LogP contribution in [0.4, 0.5) is 0 Å². The average Bonchev–Trinajstić information content (AvgIpc) is 2.74. The summed E-state index contributed by atoms with van der Waals surface area (Å²) in [5, 5.41) is 4.53. The molecule has 5 nitrogen and oxygen atoms in total. The number of carbonyl (C=O) groups is 1. The fourth-order valence-electron chi connectivity index (χ4n) is 3.41. The number of hydrogen-bond acceptors (Lipinski definition) is 3. The molecule has 1 N–H and O–H groups in total. The number of aromatic nitrogens is 2. The second kappa shape index (κ2) is 8.42. The van der Waals surface area contributed by atoms with E-state index < -0.39 is 6.04 Å². The Hall–Kier alpha value is -2.96. The smallest absolute Gasteiger partial charge is 0.264 e. The van der Waals surface area contributed by atoms with Gasteiger partial charge in [-0.2, -0.15) is 0 Å². The standard InChI is InChI=1S/C23H17BrClN3O2/c1-14(27-22(29)17-10-6-12-26-21(17)24)19-13-15-7-5-11-18(25)20(15)23(30)28(19)16-8-3-2-4-9-16/h2-14H,1H3,(H,27,29). The monoisotopic (exact) mass is 481 g/mol. The molecule has 4 aromatic rings. The zero-order chi connectivity index (χ0) is 21.3. The van der Waals surface area contributed by atoms with Crippen molar-refractivity contribution >= 4 is 44.2 Å². The van der Waals surface area contributed by atoms with Crippen LogP contribution in [0.5, 0.6) is 0 Å². The van der Waals surface area contributed by atoms with E-state index in [4.69, 9.17) is 11.6 Å². The lowest BCUT2D eigenvalue weighted by molar-refractivity contribution is 0.0937. The normalized spacial score (nSPS) is 12.0. The molecule has 30 heavy (non-hydrogen) atoms. The molecule has 0 aliphatic carbocycles. The molecule has 0 radical (unpaired) electrons. The summed E-state index contributed by atoms with van der Waals surface area (Å²) >= 11 is 9.64. The number of fused-ring (bicyclic) bond motifs is 1. The molecule has 1 amide bonds. The van der Waals surface area contributed by atoms with Crippen molar-refractivity contribution < 1.29 is 4.79 Å². The van der Waals surface area contributed by atoms with Crippen molar-refractivity contribution in [2.45, 2.75) is 13.0 Å². The molecule has 0 fully saturated rings. The van der Waals surface area contributed by atoms with Gasteiger partial charge in [-0.05, 0) is 64.6 Å². The van der Waals surface area contributed by atoms with Crippen LogP contribution in [-0.2, 0) is 0 Å². The van der Waals surface area contributed by atoms with Crippen molar-refractivity contribution in [3.8, 4) is 5.69 Å². The molecule has 0 bridgehead atoms. The minimum atomic E-state index is -0.458. The van der Waals surface area contributed by atoms with E-state index in [9.17, 15) is 9.59 Å². The maximum Gasteiger partial charge on any atom is 0.264 e. The molecule has 2 heterocycles. The third-order valence-electron chi connectivity index (χ3n) is 4.83. The number of nitrogens with zero attached hydrogens (tertiary/aromatic N) is 2. The van der Waals surface area contributed by atoms with E-state index in [-0.39, 0.29) is 11.5 Å². The van der Waals surface area contributed by atoms with Crippen LogP contribution in [0.2, 0.25) is 5.02 Å². The number of rotatable bonds is 4. The third kappa shape index (κ3) is 3.76. The highest BCUT2D eigenvalue weighted by Gasteiger charge is 2.20. The number of para-hydroxylation sites is 1. The fourth-order valence-corrected chi connectivity index (χ4v) is 4.10. The summed E-state index contributed by atoms with van der Waals surface area (Å²) in [7, 11) is 0.